The Hall–Kier alpha value is -0.450. The zero-order valence-corrected chi connectivity index (χ0v) is 10.7. The fraction of sp³-hybridized carbons (Fsp3) is 0.727. The van der Waals surface area contributed by atoms with E-state index in [1.54, 1.807) is 18.4 Å². The minimum atomic E-state index is 0.401. The number of nitrogens with one attached hydrogen (secondary N) is 1. The molecule has 0 saturated heterocycles. The van der Waals surface area contributed by atoms with Crippen LogP contribution in [-0.4, -0.2) is 31.3 Å². The highest BCUT2D eigenvalue weighted by atomic mass is 32.1. The number of thiazole rings is 1. The summed E-state index contributed by atoms with van der Waals surface area (Å²) in [6.45, 7) is 8.13. The zero-order chi connectivity index (χ0) is 11.3. The molecule has 0 bridgehead atoms. The number of aryl methyl sites for hydroxylation is 1. The summed E-state index contributed by atoms with van der Waals surface area (Å²) >= 11 is 1.78. The highest BCUT2D eigenvalue weighted by Crippen LogP contribution is 2.20. The lowest BCUT2D eigenvalue weighted by Crippen LogP contribution is -2.32. The molecule has 1 aromatic heterocycles. The molecule has 15 heavy (non-hydrogen) atoms. The van der Waals surface area contributed by atoms with Crippen molar-refractivity contribution in [3.05, 3.63) is 16.1 Å². The van der Waals surface area contributed by atoms with Gasteiger partial charge >= 0.3 is 0 Å². The molecule has 0 aromatic carbocycles. The molecule has 1 heterocycles. The first-order chi connectivity index (χ1) is 7.13. The molecular formula is C11H20N2OS. The molecule has 0 radical (unpaired) electrons. The first-order valence-corrected chi connectivity index (χ1v) is 6.09. The van der Waals surface area contributed by atoms with Crippen molar-refractivity contribution in [2.75, 3.05) is 20.3 Å². The topological polar surface area (TPSA) is 34.1 Å². The van der Waals surface area contributed by atoms with Gasteiger partial charge in [-0.1, -0.05) is 6.92 Å². The highest BCUT2D eigenvalue weighted by molar-refractivity contribution is 7.11. The van der Waals surface area contributed by atoms with E-state index in [1.165, 1.54) is 9.88 Å². The van der Waals surface area contributed by atoms with Gasteiger partial charge in [-0.25, -0.2) is 4.98 Å². The molecule has 0 aliphatic carbocycles. The largest absolute Gasteiger partial charge is 0.383 e. The van der Waals surface area contributed by atoms with E-state index in [0.29, 0.717) is 12.0 Å². The van der Waals surface area contributed by atoms with E-state index in [4.69, 9.17) is 4.74 Å². The lowest BCUT2D eigenvalue weighted by molar-refractivity contribution is 0.171. The van der Waals surface area contributed by atoms with Crippen LogP contribution < -0.4 is 5.32 Å². The fourth-order valence-electron chi connectivity index (χ4n) is 1.37. The van der Waals surface area contributed by atoms with Gasteiger partial charge in [0.15, 0.2) is 0 Å². The van der Waals surface area contributed by atoms with Gasteiger partial charge in [-0.05, 0) is 13.8 Å². The smallest absolute Gasteiger partial charge is 0.0968 e. The van der Waals surface area contributed by atoms with Crippen molar-refractivity contribution >= 4 is 11.3 Å². The van der Waals surface area contributed by atoms with E-state index in [-0.39, 0.29) is 0 Å². The zero-order valence-electron chi connectivity index (χ0n) is 9.91. The molecule has 4 heteroatoms. The Bertz CT molecular complexity index is 288. The Morgan fingerprint density at radius 2 is 2.27 bits per heavy atom. The third kappa shape index (κ3) is 4.28. The number of hydrogen-bond donors (Lipinski definition) is 1. The summed E-state index contributed by atoms with van der Waals surface area (Å²) in [5, 5.41) is 4.65. The van der Waals surface area contributed by atoms with Gasteiger partial charge in [0, 0.05) is 36.7 Å². The third-order valence-corrected chi connectivity index (χ3v) is 3.39. The summed E-state index contributed by atoms with van der Waals surface area (Å²) in [7, 11) is 1.73. The lowest BCUT2D eigenvalue weighted by atomic mass is 10.2. The summed E-state index contributed by atoms with van der Waals surface area (Å²) in [5.41, 5.74) is 0. The van der Waals surface area contributed by atoms with Crippen molar-refractivity contribution in [2.24, 2.45) is 0 Å². The molecule has 0 fully saturated rings. The lowest BCUT2D eigenvalue weighted by Gasteiger charge is -2.15. The maximum absolute atomic E-state index is 5.07. The second-order valence-electron chi connectivity index (χ2n) is 3.97. The molecule has 0 spiro atoms. The van der Waals surface area contributed by atoms with Crippen molar-refractivity contribution < 1.29 is 4.74 Å². The molecule has 86 valence electrons. The maximum atomic E-state index is 5.07. The number of rotatable bonds is 6. The molecule has 3 nitrogen and oxygen atoms in total. The molecule has 0 amide bonds. The predicted molar refractivity (Wildman–Crippen MR) is 64.6 cm³/mol. The van der Waals surface area contributed by atoms with E-state index in [0.717, 1.165) is 13.2 Å². The Morgan fingerprint density at radius 1 is 1.53 bits per heavy atom. The van der Waals surface area contributed by atoms with Gasteiger partial charge in [0.05, 0.1) is 11.6 Å². The predicted octanol–water partition coefficient (Wildman–Crippen LogP) is 2.18. The van der Waals surface area contributed by atoms with E-state index >= 15 is 0 Å². The number of aromatic nitrogens is 1. The van der Waals surface area contributed by atoms with Crippen molar-refractivity contribution in [3.8, 4) is 0 Å². The van der Waals surface area contributed by atoms with Crippen LogP contribution in [0.3, 0.4) is 0 Å². The van der Waals surface area contributed by atoms with Gasteiger partial charge in [-0.3, -0.25) is 0 Å². The molecule has 2 unspecified atom stereocenters. The molecule has 0 aliphatic heterocycles. The quantitative estimate of drug-likeness (QED) is 0.810. The van der Waals surface area contributed by atoms with Crippen LogP contribution in [0.2, 0.25) is 0 Å². The normalized spacial score (nSPS) is 15.2. The molecule has 0 aliphatic rings. The molecular weight excluding hydrogens is 208 g/mol. The minimum Gasteiger partial charge on any atom is -0.383 e. The van der Waals surface area contributed by atoms with Gasteiger partial charge in [0.1, 0.15) is 0 Å². The highest BCUT2D eigenvalue weighted by Gasteiger charge is 2.10. The van der Waals surface area contributed by atoms with Crippen LogP contribution in [-0.2, 0) is 4.74 Å². The summed E-state index contributed by atoms with van der Waals surface area (Å²) in [5.74, 6) is 0.475. The number of methoxy groups -OCH3 is 1. The van der Waals surface area contributed by atoms with E-state index in [1.807, 2.05) is 6.20 Å². The molecule has 1 rings (SSSR count). The van der Waals surface area contributed by atoms with Gasteiger partial charge in [0.2, 0.25) is 0 Å². The molecule has 1 N–H and O–H groups in total. The summed E-state index contributed by atoms with van der Waals surface area (Å²) < 4.78 is 5.07. The van der Waals surface area contributed by atoms with Crippen LogP contribution in [0.4, 0.5) is 0 Å². The van der Waals surface area contributed by atoms with Crippen LogP contribution in [0.25, 0.3) is 0 Å². The first kappa shape index (κ1) is 12.6. The van der Waals surface area contributed by atoms with E-state index < -0.39 is 0 Å². The fourth-order valence-corrected chi connectivity index (χ4v) is 2.20. The van der Waals surface area contributed by atoms with Crippen LogP contribution in [0, 0.1) is 6.92 Å². The number of hydrogen-bond acceptors (Lipinski definition) is 4. The molecule has 2 atom stereocenters. The number of ether oxygens (including phenoxy) is 1. The minimum absolute atomic E-state index is 0.401. The number of nitrogens with zero attached hydrogens (tertiary/aromatic N) is 1. The monoisotopic (exact) mass is 228 g/mol. The molecule has 0 saturated carbocycles. The summed E-state index contributed by atoms with van der Waals surface area (Å²) in [6, 6.07) is 0.401. The third-order valence-electron chi connectivity index (χ3n) is 2.25. The van der Waals surface area contributed by atoms with Crippen molar-refractivity contribution in [1.82, 2.24) is 10.3 Å². The van der Waals surface area contributed by atoms with Crippen LogP contribution in [0.15, 0.2) is 6.20 Å². The molecule has 1 aromatic rings. The summed E-state index contributed by atoms with van der Waals surface area (Å²) in [6.07, 6.45) is 1.94. The Morgan fingerprint density at radius 3 is 2.80 bits per heavy atom. The Balaban J connectivity index is 2.33. The average molecular weight is 228 g/mol. The summed E-state index contributed by atoms with van der Waals surface area (Å²) in [4.78, 5) is 5.67. The van der Waals surface area contributed by atoms with Crippen LogP contribution >= 0.6 is 11.3 Å². The van der Waals surface area contributed by atoms with Gasteiger partial charge in [-0.15, -0.1) is 11.3 Å². The Kier molecular flexibility index (Phi) is 5.22. The van der Waals surface area contributed by atoms with Crippen LogP contribution in [0.1, 0.15) is 29.7 Å². The van der Waals surface area contributed by atoms with Crippen molar-refractivity contribution in [1.29, 1.82) is 0 Å². The van der Waals surface area contributed by atoms with Crippen molar-refractivity contribution in [2.45, 2.75) is 32.7 Å². The van der Waals surface area contributed by atoms with Crippen molar-refractivity contribution in [3.63, 3.8) is 0 Å². The SMILES string of the molecule is COCC(C)NCC(C)c1ncc(C)s1. The van der Waals surface area contributed by atoms with E-state index in [2.05, 4.69) is 31.1 Å². The van der Waals surface area contributed by atoms with Gasteiger partial charge in [0.25, 0.3) is 0 Å². The average Bonchev–Trinajstić information content (AvgIpc) is 2.62. The Labute approximate surface area is 95.9 Å². The second kappa shape index (κ2) is 6.20. The van der Waals surface area contributed by atoms with E-state index in [9.17, 15) is 0 Å². The van der Waals surface area contributed by atoms with Gasteiger partial charge < -0.3 is 10.1 Å². The standard InChI is InChI=1S/C11H20N2OS/c1-8(5-12-9(2)7-14-4)11-13-6-10(3)15-11/h6,8-9,12H,5,7H2,1-4H3. The maximum Gasteiger partial charge on any atom is 0.0968 e. The second-order valence-corrected chi connectivity index (χ2v) is 5.24. The first-order valence-electron chi connectivity index (χ1n) is 5.28. The van der Waals surface area contributed by atoms with Crippen LogP contribution in [0.5, 0.6) is 0 Å². The van der Waals surface area contributed by atoms with Gasteiger partial charge in [-0.2, -0.15) is 0 Å².